The average Bonchev–Trinajstić information content (AvgIpc) is 3.05. The molecule has 134 valence electrons. The lowest BCUT2D eigenvalue weighted by molar-refractivity contribution is 0.102. The molecule has 0 aliphatic heterocycles. The molecule has 3 rings (SSSR count). The van der Waals surface area contributed by atoms with Gasteiger partial charge in [0, 0.05) is 7.11 Å². The van der Waals surface area contributed by atoms with Gasteiger partial charge in [-0.25, -0.2) is 4.68 Å². The smallest absolute Gasteiger partial charge is 0.259 e. The summed E-state index contributed by atoms with van der Waals surface area (Å²) in [6, 6.07) is 17.0. The number of amides is 1. The molecule has 0 unspecified atom stereocenters. The minimum absolute atomic E-state index is 0.229. The number of methoxy groups -OCH3 is 1. The summed E-state index contributed by atoms with van der Waals surface area (Å²) in [5, 5.41) is 7.24. The second kappa shape index (κ2) is 8.31. The van der Waals surface area contributed by atoms with E-state index in [1.165, 1.54) is 0 Å². The Morgan fingerprint density at radius 2 is 1.81 bits per heavy atom. The van der Waals surface area contributed by atoms with Crippen LogP contribution in [0.1, 0.15) is 16.1 Å². The Labute approximate surface area is 152 Å². The van der Waals surface area contributed by atoms with Crippen LogP contribution < -0.4 is 10.1 Å². The molecule has 6 nitrogen and oxygen atoms in total. The van der Waals surface area contributed by atoms with Gasteiger partial charge in [-0.3, -0.25) is 4.79 Å². The van der Waals surface area contributed by atoms with Crippen molar-refractivity contribution < 1.29 is 14.3 Å². The summed E-state index contributed by atoms with van der Waals surface area (Å²) in [7, 11) is 1.62. The van der Waals surface area contributed by atoms with Crippen molar-refractivity contribution in [1.82, 2.24) is 9.78 Å². The van der Waals surface area contributed by atoms with E-state index in [1.54, 1.807) is 24.1 Å². The molecule has 0 saturated carbocycles. The van der Waals surface area contributed by atoms with Crippen LogP contribution in [0.3, 0.4) is 0 Å². The van der Waals surface area contributed by atoms with E-state index in [4.69, 9.17) is 9.47 Å². The van der Waals surface area contributed by atoms with Crippen LogP contribution in [0.4, 0.5) is 5.69 Å². The number of benzene rings is 2. The van der Waals surface area contributed by atoms with Gasteiger partial charge in [0.1, 0.15) is 12.4 Å². The van der Waals surface area contributed by atoms with Gasteiger partial charge in [0.2, 0.25) is 0 Å². The quantitative estimate of drug-likeness (QED) is 0.662. The molecule has 1 aromatic heterocycles. The summed E-state index contributed by atoms with van der Waals surface area (Å²) in [5.41, 5.74) is 2.81. The number of hydrogen-bond acceptors (Lipinski definition) is 4. The van der Waals surface area contributed by atoms with Crippen molar-refractivity contribution in [2.45, 2.75) is 6.92 Å². The molecule has 0 spiro atoms. The number of ether oxygens (including phenoxy) is 2. The van der Waals surface area contributed by atoms with Crippen molar-refractivity contribution in [2.75, 3.05) is 25.6 Å². The minimum atomic E-state index is -0.229. The van der Waals surface area contributed by atoms with Gasteiger partial charge in [0.05, 0.1) is 35.4 Å². The van der Waals surface area contributed by atoms with Gasteiger partial charge in [-0.15, -0.1) is 0 Å². The van der Waals surface area contributed by atoms with Gasteiger partial charge in [0.15, 0.2) is 0 Å². The highest BCUT2D eigenvalue weighted by atomic mass is 16.5. The average molecular weight is 351 g/mol. The Balaban J connectivity index is 1.78. The van der Waals surface area contributed by atoms with Crippen LogP contribution >= 0.6 is 0 Å². The summed E-state index contributed by atoms with van der Waals surface area (Å²) in [4.78, 5) is 12.7. The van der Waals surface area contributed by atoms with E-state index >= 15 is 0 Å². The monoisotopic (exact) mass is 351 g/mol. The van der Waals surface area contributed by atoms with E-state index in [1.807, 2.05) is 55.5 Å². The van der Waals surface area contributed by atoms with E-state index in [9.17, 15) is 4.79 Å². The topological polar surface area (TPSA) is 65.4 Å². The maximum absolute atomic E-state index is 12.7. The maximum Gasteiger partial charge on any atom is 0.259 e. The highest BCUT2D eigenvalue weighted by molar-refractivity contribution is 6.05. The highest BCUT2D eigenvalue weighted by Gasteiger charge is 2.16. The fourth-order valence-electron chi connectivity index (χ4n) is 2.58. The van der Waals surface area contributed by atoms with Crippen molar-refractivity contribution in [1.29, 1.82) is 0 Å². The van der Waals surface area contributed by atoms with Gasteiger partial charge >= 0.3 is 0 Å². The van der Waals surface area contributed by atoms with Crippen molar-refractivity contribution in [3.63, 3.8) is 0 Å². The molecule has 0 atom stereocenters. The summed E-state index contributed by atoms with van der Waals surface area (Å²) in [6.45, 7) is 2.76. The molecule has 0 fully saturated rings. The van der Waals surface area contributed by atoms with Crippen molar-refractivity contribution in [3.8, 4) is 11.4 Å². The summed E-state index contributed by atoms with van der Waals surface area (Å²) < 4.78 is 12.4. The first-order valence-electron chi connectivity index (χ1n) is 8.33. The number of rotatable bonds is 7. The number of para-hydroxylation sites is 3. The number of nitrogens with one attached hydrogen (secondary N) is 1. The molecule has 26 heavy (non-hydrogen) atoms. The predicted molar refractivity (Wildman–Crippen MR) is 100 cm³/mol. The van der Waals surface area contributed by atoms with Crippen LogP contribution in [0.25, 0.3) is 5.69 Å². The molecule has 1 amide bonds. The van der Waals surface area contributed by atoms with E-state index in [2.05, 4.69) is 10.4 Å². The molecule has 0 aliphatic carbocycles. The van der Waals surface area contributed by atoms with E-state index < -0.39 is 0 Å². The van der Waals surface area contributed by atoms with Crippen LogP contribution in [0.5, 0.6) is 5.75 Å². The summed E-state index contributed by atoms with van der Waals surface area (Å²) in [5.74, 6) is 0.374. The zero-order valence-corrected chi connectivity index (χ0v) is 14.8. The molecular formula is C20H21N3O3. The molecule has 6 heteroatoms. The first-order valence-corrected chi connectivity index (χ1v) is 8.33. The molecule has 0 radical (unpaired) electrons. The van der Waals surface area contributed by atoms with Crippen LogP contribution in [-0.4, -0.2) is 36.0 Å². The number of aromatic nitrogens is 2. The van der Waals surface area contributed by atoms with Gasteiger partial charge < -0.3 is 14.8 Å². The Morgan fingerprint density at radius 3 is 2.58 bits per heavy atom. The maximum atomic E-state index is 12.7. The van der Waals surface area contributed by atoms with Gasteiger partial charge in [-0.1, -0.05) is 30.3 Å². The number of carbonyl (C=O) groups excluding carboxylic acids is 1. The SMILES string of the molecule is COCCOc1ccccc1NC(=O)c1cnn(-c2ccccc2)c1C. The van der Waals surface area contributed by atoms with Crippen LogP contribution in [0.2, 0.25) is 0 Å². The lowest BCUT2D eigenvalue weighted by atomic mass is 10.2. The fraction of sp³-hybridized carbons (Fsp3) is 0.200. The molecule has 0 aliphatic rings. The standard InChI is InChI=1S/C20H21N3O3/c1-15-17(14-21-23(15)16-8-4-3-5-9-16)20(24)22-18-10-6-7-11-19(18)26-13-12-25-2/h3-11,14H,12-13H2,1-2H3,(H,22,24). The molecule has 0 bridgehead atoms. The molecular weight excluding hydrogens is 330 g/mol. The second-order valence-corrected chi connectivity index (χ2v) is 5.68. The normalized spacial score (nSPS) is 10.5. The third kappa shape index (κ3) is 3.92. The minimum Gasteiger partial charge on any atom is -0.489 e. The van der Waals surface area contributed by atoms with Crippen molar-refractivity contribution in [2.24, 2.45) is 0 Å². The van der Waals surface area contributed by atoms with Crippen LogP contribution in [0.15, 0.2) is 60.8 Å². The third-order valence-electron chi connectivity index (χ3n) is 3.94. The Hall–Kier alpha value is -3.12. The van der Waals surface area contributed by atoms with E-state index in [0.717, 1.165) is 11.4 Å². The first-order chi connectivity index (χ1) is 12.7. The molecule has 1 N–H and O–H groups in total. The molecule has 1 heterocycles. The van der Waals surface area contributed by atoms with Crippen molar-refractivity contribution >= 4 is 11.6 Å². The zero-order chi connectivity index (χ0) is 18.4. The summed E-state index contributed by atoms with van der Waals surface area (Å²) in [6.07, 6.45) is 1.58. The second-order valence-electron chi connectivity index (χ2n) is 5.68. The van der Waals surface area contributed by atoms with Crippen LogP contribution in [0, 0.1) is 6.92 Å². The Kier molecular flexibility index (Phi) is 5.66. The number of anilines is 1. The first kappa shape index (κ1) is 17.7. The molecule has 0 saturated heterocycles. The largest absolute Gasteiger partial charge is 0.489 e. The Bertz CT molecular complexity index is 875. The third-order valence-corrected chi connectivity index (χ3v) is 3.94. The number of nitrogens with zero attached hydrogens (tertiary/aromatic N) is 2. The lowest BCUT2D eigenvalue weighted by Gasteiger charge is -2.12. The molecule has 3 aromatic rings. The summed E-state index contributed by atoms with van der Waals surface area (Å²) >= 11 is 0. The molecule has 2 aromatic carbocycles. The van der Waals surface area contributed by atoms with Crippen LogP contribution in [-0.2, 0) is 4.74 Å². The fourth-order valence-corrected chi connectivity index (χ4v) is 2.58. The number of hydrogen-bond donors (Lipinski definition) is 1. The van der Waals surface area contributed by atoms with Crippen molar-refractivity contribution in [3.05, 3.63) is 72.1 Å². The van der Waals surface area contributed by atoms with Gasteiger partial charge in [-0.2, -0.15) is 5.10 Å². The number of carbonyl (C=O) groups is 1. The van der Waals surface area contributed by atoms with E-state index in [0.29, 0.717) is 30.2 Å². The van der Waals surface area contributed by atoms with Gasteiger partial charge in [-0.05, 0) is 31.2 Å². The van der Waals surface area contributed by atoms with E-state index in [-0.39, 0.29) is 5.91 Å². The lowest BCUT2D eigenvalue weighted by Crippen LogP contribution is -2.14. The zero-order valence-electron chi connectivity index (χ0n) is 14.8. The Morgan fingerprint density at radius 1 is 1.08 bits per heavy atom. The highest BCUT2D eigenvalue weighted by Crippen LogP contribution is 2.25. The van der Waals surface area contributed by atoms with Gasteiger partial charge in [0.25, 0.3) is 5.91 Å². The predicted octanol–water partition coefficient (Wildman–Crippen LogP) is 3.46.